The van der Waals surface area contributed by atoms with Crippen LogP contribution in [0.1, 0.15) is 12.7 Å². The molecular formula is C13H26N6O2. The van der Waals surface area contributed by atoms with Gasteiger partial charge in [0.15, 0.2) is 5.96 Å². The summed E-state index contributed by atoms with van der Waals surface area (Å²) in [7, 11) is 3.34. The second-order valence-electron chi connectivity index (χ2n) is 4.36. The number of aryl methyl sites for hydroxylation is 1. The zero-order valence-electron chi connectivity index (χ0n) is 13.1. The molecule has 0 aliphatic heterocycles. The Morgan fingerprint density at radius 3 is 2.71 bits per heavy atom. The number of nitrogens with one attached hydrogen (secondary N) is 2. The molecule has 21 heavy (non-hydrogen) atoms. The summed E-state index contributed by atoms with van der Waals surface area (Å²) in [6.45, 7) is 6.17. The number of rotatable bonds is 10. The fraction of sp³-hybridized carbons (Fsp3) is 0.769. The lowest BCUT2D eigenvalue weighted by molar-refractivity contribution is 0.203. The van der Waals surface area contributed by atoms with E-state index in [2.05, 4.69) is 32.7 Å². The molecule has 1 rings (SSSR count). The zero-order valence-corrected chi connectivity index (χ0v) is 13.1. The number of guanidine groups is 1. The largest absolute Gasteiger partial charge is 0.383 e. The summed E-state index contributed by atoms with van der Waals surface area (Å²) in [4.78, 5) is 4.42. The molecule has 0 saturated heterocycles. The van der Waals surface area contributed by atoms with Gasteiger partial charge in [-0.05, 0) is 0 Å². The maximum absolute atomic E-state index is 5.02. The Bertz CT molecular complexity index is 407. The molecule has 8 nitrogen and oxygen atoms in total. The average molecular weight is 298 g/mol. The van der Waals surface area contributed by atoms with Crippen LogP contribution in [0.4, 0.5) is 0 Å². The molecule has 1 heterocycles. The van der Waals surface area contributed by atoms with Gasteiger partial charge in [0, 0.05) is 40.3 Å². The zero-order chi connectivity index (χ0) is 15.3. The fourth-order valence-electron chi connectivity index (χ4n) is 1.73. The number of hydrogen-bond acceptors (Lipinski definition) is 5. The molecule has 0 aliphatic carbocycles. The lowest BCUT2D eigenvalue weighted by Crippen LogP contribution is -2.40. The van der Waals surface area contributed by atoms with Gasteiger partial charge in [-0.25, -0.2) is 0 Å². The van der Waals surface area contributed by atoms with E-state index in [-0.39, 0.29) is 0 Å². The third kappa shape index (κ3) is 7.05. The summed E-state index contributed by atoms with van der Waals surface area (Å²) in [5, 5.41) is 14.5. The molecule has 0 spiro atoms. The van der Waals surface area contributed by atoms with Crippen LogP contribution in [0.25, 0.3) is 0 Å². The lowest BCUT2D eigenvalue weighted by atomic mass is 10.4. The molecule has 0 bridgehead atoms. The van der Waals surface area contributed by atoms with Gasteiger partial charge in [-0.1, -0.05) is 6.92 Å². The lowest BCUT2D eigenvalue weighted by Gasteiger charge is -2.13. The van der Waals surface area contributed by atoms with Crippen molar-refractivity contribution >= 4 is 5.96 Å². The molecule has 8 heteroatoms. The number of hydrogen-bond donors (Lipinski definition) is 2. The van der Waals surface area contributed by atoms with Gasteiger partial charge in [0.25, 0.3) is 0 Å². The molecule has 0 unspecified atom stereocenters. The van der Waals surface area contributed by atoms with Gasteiger partial charge in [-0.15, -0.1) is 10.2 Å². The number of ether oxygens (including phenoxy) is 2. The van der Waals surface area contributed by atoms with Gasteiger partial charge in [0.1, 0.15) is 12.2 Å². The highest BCUT2D eigenvalue weighted by Crippen LogP contribution is 1.94. The van der Waals surface area contributed by atoms with E-state index in [0.717, 1.165) is 31.3 Å². The van der Waals surface area contributed by atoms with Crippen molar-refractivity contribution in [1.29, 1.82) is 0 Å². The Morgan fingerprint density at radius 2 is 2.00 bits per heavy atom. The SMILES string of the molecule is CCc1nncn1CCNC(=NCCOC)NCCOC. The van der Waals surface area contributed by atoms with Crippen molar-refractivity contribution in [2.75, 3.05) is 47.1 Å². The second kappa shape index (κ2) is 11.0. The van der Waals surface area contributed by atoms with Crippen molar-refractivity contribution in [2.45, 2.75) is 19.9 Å². The van der Waals surface area contributed by atoms with Gasteiger partial charge >= 0.3 is 0 Å². The molecular weight excluding hydrogens is 272 g/mol. The van der Waals surface area contributed by atoms with E-state index in [0.29, 0.717) is 26.3 Å². The van der Waals surface area contributed by atoms with Crippen LogP contribution in [0.3, 0.4) is 0 Å². The van der Waals surface area contributed by atoms with Crippen molar-refractivity contribution in [3.63, 3.8) is 0 Å². The minimum Gasteiger partial charge on any atom is -0.383 e. The Labute approximate surface area is 125 Å². The normalized spacial score (nSPS) is 11.7. The molecule has 0 radical (unpaired) electrons. The molecule has 0 amide bonds. The Balaban J connectivity index is 2.38. The van der Waals surface area contributed by atoms with Crippen molar-refractivity contribution in [1.82, 2.24) is 25.4 Å². The minimum atomic E-state index is 0.600. The summed E-state index contributed by atoms with van der Waals surface area (Å²) in [6.07, 6.45) is 2.63. The highest BCUT2D eigenvalue weighted by molar-refractivity contribution is 5.79. The summed E-state index contributed by atoms with van der Waals surface area (Å²) < 4.78 is 12.1. The topological polar surface area (TPSA) is 85.6 Å². The van der Waals surface area contributed by atoms with Crippen LogP contribution in [-0.2, 0) is 22.4 Å². The molecule has 0 aromatic carbocycles. The van der Waals surface area contributed by atoms with E-state index in [4.69, 9.17) is 9.47 Å². The smallest absolute Gasteiger partial charge is 0.191 e. The summed E-state index contributed by atoms with van der Waals surface area (Å²) >= 11 is 0. The highest BCUT2D eigenvalue weighted by atomic mass is 16.5. The first kappa shape index (κ1) is 17.4. The number of nitrogens with zero attached hydrogens (tertiary/aromatic N) is 4. The number of aliphatic imine (C=N–C) groups is 1. The van der Waals surface area contributed by atoms with E-state index in [1.54, 1.807) is 20.5 Å². The predicted molar refractivity (Wildman–Crippen MR) is 81.5 cm³/mol. The molecule has 0 atom stereocenters. The first-order chi connectivity index (χ1) is 10.3. The van der Waals surface area contributed by atoms with Crippen LogP contribution >= 0.6 is 0 Å². The standard InChI is InChI=1S/C13H26N6O2/c1-4-12-18-17-11-19(12)8-5-14-13(15-6-9-20-2)16-7-10-21-3/h11H,4-10H2,1-3H3,(H2,14,15,16). The van der Waals surface area contributed by atoms with E-state index < -0.39 is 0 Å². The van der Waals surface area contributed by atoms with Crippen LogP contribution in [0.5, 0.6) is 0 Å². The van der Waals surface area contributed by atoms with Gasteiger partial charge in [-0.3, -0.25) is 4.99 Å². The van der Waals surface area contributed by atoms with Crippen molar-refractivity contribution < 1.29 is 9.47 Å². The van der Waals surface area contributed by atoms with Crippen molar-refractivity contribution in [2.24, 2.45) is 4.99 Å². The van der Waals surface area contributed by atoms with Crippen LogP contribution in [-0.4, -0.2) is 67.8 Å². The fourth-order valence-corrected chi connectivity index (χ4v) is 1.73. The van der Waals surface area contributed by atoms with Crippen LogP contribution in [0.15, 0.2) is 11.3 Å². The molecule has 0 aliphatic rings. The molecule has 0 saturated carbocycles. The summed E-state index contributed by atoms with van der Waals surface area (Å²) in [5.74, 6) is 1.75. The van der Waals surface area contributed by atoms with Gasteiger partial charge < -0.3 is 24.7 Å². The van der Waals surface area contributed by atoms with Gasteiger partial charge in [0.2, 0.25) is 0 Å². The maximum Gasteiger partial charge on any atom is 0.191 e. The van der Waals surface area contributed by atoms with Crippen LogP contribution in [0.2, 0.25) is 0 Å². The first-order valence-electron chi connectivity index (χ1n) is 7.18. The monoisotopic (exact) mass is 298 g/mol. The maximum atomic E-state index is 5.02. The third-order valence-electron chi connectivity index (χ3n) is 2.82. The summed E-state index contributed by atoms with van der Waals surface area (Å²) in [5.41, 5.74) is 0. The third-order valence-corrected chi connectivity index (χ3v) is 2.82. The van der Waals surface area contributed by atoms with Crippen molar-refractivity contribution in [3.05, 3.63) is 12.2 Å². The van der Waals surface area contributed by atoms with E-state index >= 15 is 0 Å². The van der Waals surface area contributed by atoms with Crippen LogP contribution in [0, 0.1) is 0 Å². The highest BCUT2D eigenvalue weighted by Gasteiger charge is 2.02. The molecule has 2 N–H and O–H groups in total. The number of methoxy groups -OCH3 is 2. The Morgan fingerprint density at radius 1 is 1.24 bits per heavy atom. The van der Waals surface area contributed by atoms with E-state index in [9.17, 15) is 0 Å². The van der Waals surface area contributed by atoms with E-state index in [1.807, 2.05) is 4.57 Å². The average Bonchev–Trinajstić information content (AvgIpc) is 2.94. The molecule has 0 fully saturated rings. The molecule has 1 aromatic heterocycles. The van der Waals surface area contributed by atoms with Crippen LogP contribution < -0.4 is 10.6 Å². The number of aromatic nitrogens is 3. The van der Waals surface area contributed by atoms with Crippen molar-refractivity contribution in [3.8, 4) is 0 Å². The van der Waals surface area contributed by atoms with Gasteiger partial charge in [-0.2, -0.15) is 0 Å². The van der Waals surface area contributed by atoms with Gasteiger partial charge in [0.05, 0.1) is 19.8 Å². The Kier molecular flexibility index (Phi) is 9.14. The minimum absolute atomic E-state index is 0.600. The Hall–Kier alpha value is -1.67. The van der Waals surface area contributed by atoms with E-state index in [1.165, 1.54) is 0 Å². The predicted octanol–water partition coefficient (Wildman–Crippen LogP) is -0.331. The molecule has 120 valence electrons. The molecule has 1 aromatic rings. The first-order valence-corrected chi connectivity index (χ1v) is 7.18. The summed E-state index contributed by atoms with van der Waals surface area (Å²) in [6, 6.07) is 0. The second-order valence-corrected chi connectivity index (χ2v) is 4.36. The quantitative estimate of drug-likeness (QED) is 0.349.